The van der Waals surface area contributed by atoms with E-state index < -0.39 is 0 Å². The van der Waals surface area contributed by atoms with Gasteiger partial charge in [0.05, 0.1) is 11.2 Å². The molecule has 0 spiro atoms. The van der Waals surface area contributed by atoms with Gasteiger partial charge in [-0.25, -0.2) is 0 Å². The molecule has 2 aromatic heterocycles. The van der Waals surface area contributed by atoms with E-state index in [0.717, 1.165) is 44.9 Å². The van der Waals surface area contributed by atoms with E-state index in [2.05, 4.69) is 33.8 Å². The predicted molar refractivity (Wildman–Crippen MR) is 103 cm³/mol. The van der Waals surface area contributed by atoms with E-state index in [-0.39, 0.29) is 5.92 Å². The highest BCUT2D eigenvalue weighted by Gasteiger charge is 2.37. The number of hydrogen-bond donors (Lipinski definition) is 0. The number of Topliss-reactive ketones (excluding diaryl/α,β-unsaturated/α-hetero) is 1. The van der Waals surface area contributed by atoms with E-state index in [1.807, 2.05) is 12.4 Å². The Kier molecular flexibility index (Phi) is 3.00. The molecular weight excluding hydrogens is 320 g/mol. The summed E-state index contributed by atoms with van der Waals surface area (Å²) in [6, 6.07) is 2.16. The Balaban J connectivity index is 1.55. The molecule has 1 unspecified atom stereocenters. The van der Waals surface area contributed by atoms with Crippen LogP contribution in [-0.4, -0.2) is 15.3 Å². The van der Waals surface area contributed by atoms with Gasteiger partial charge < -0.3 is 4.57 Å². The van der Waals surface area contributed by atoms with Gasteiger partial charge in [0.25, 0.3) is 0 Å². The normalized spacial score (nSPS) is 24.2. The number of carbonyl (C=O) groups excluding carboxylic acids is 1. The van der Waals surface area contributed by atoms with Crippen LogP contribution in [0.1, 0.15) is 49.8 Å². The van der Waals surface area contributed by atoms with Crippen LogP contribution >= 0.6 is 0 Å². The maximum absolute atomic E-state index is 12.6. The lowest BCUT2D eigenvalue weighted by Gasteiger charge is -2.27. The van der Waals surface area contributed by atoms with Gasteiger partial charge in [-0.1, -0.05) is 18.2 Å². The van der Waals surface area contributed by atoms with Gasteiger partial charge in [-0.15, -0.1) is 0 Å². The fourth-order valence-electron chi connectivity index (χ4n) is 5.16. The van der Waals surface area contributed by atoms with E-state index in [9.17, 15) is 4.79 Å². The number of nitrogens with zero attached hydrogens (tertiary/aromatic N) is 2. The fraction of sp³-hybridized carbons (Fsp3) is 0.391. The average molecular weight is 342 g/mol. The molecule has 0 amide bonds. The summed E-state index contributed by atoms with van der Waals surface area (Å²) >= 11 is 0. The van der Waals surface area contributed by atoms with Crippen molar-refractivity contribution >= 4 is 28.0 Å². The van der Waals surface area contributed by atoms with Crippen LogP contribution in [0.4, 0.5) is 0 Å². The Morgan fingerprint density at radius 1 is 1.12 bits per heavy atom. The lowest BCUT2D eigenvalue weighted by Crippen LogP contribution is -2.21. The molecule has 3 aliphatic carbocycles. The molecule has 0 radical (unpaired) electrons. The van der Waals surface area contributed by atoms with Crippen LogP contribution in [0.3, 0.4) is 0 Å². The van der Waals surface area contributed by atoms with Crippen LogP contribution < -0.4 is 0 Å². The summed E-state index contributed by atoms with van der Waals surface area (Å²) in [5.41, 5.74) is 8.20. The first kappa shape index (κ1) is 14.7. The molecular formula is C23H22N2O. The lowest BCUT2D eigenvalue weighted by atomic mass is 9.82. The van der Waals surface area contributed by atoms with E-state index in [0.29, 0.717) is 11.7 Å². The zero-order valence-corrected chi connectivity index (χ0v) is 14.9. The molecule has 0 N–H and O–H groups in total. The fourth-order valence-corrected chi connectivity index (χ4v) is 5.16. The highest BCUT2D eigenvalue weighted by atomic mass is 16.1. The Hall–Kier alpha value is -2.42. The number of fused-ring (bicyclic) bond motifs is 4. The van der Waals surface area contributed by atoms with Gasteiger partial charge >= 0.3 is 0 Å². The number of aryl methyl sites for hydroxylation is 1. The van der Waals surface area contributed by atoms with Gasteiger partial charge in [0.2, 0.25) is 0 Å². The van der Waals surface area contributed by atoms with E-state index in [1.165, 1.54) is 39.0 Å². The second-order valence-electron chi connectivity index (χ2n) is 8.18. The van der Waals surface area contributed by atoms with Gasteiger partial charge in [-0.2, -0.15) is 0 Å². The van der Waals surface area contributed by atoms with Gasteiger partial charge in [0, 0.05) is 35.3 Å². The lowest BCUT2D eigenvalue weighted by molar-refractivity contribution is -0.124. The monoisotopic (exact) mass is 342 g/mol. The number of pyridine rings is 1. The third-order valence-corrected chi connectivity index (χ3v) is 6.59. The van der Waals surface area contributed by atoms with E-state index in [4.69, 9.17) is 0 Å². The van der Waals surface area contributed by atoms with Crippen molar-refractivity contribution in [2.45, 2.75) is 44.9 Å². The Bertz CT molecular complexity index is 1050. The Labute approximate surface area is 153 Å². The molecule has 130 valence electrons. The minimum absolute atomic E-state index is 0.230. The second-order valence-corrected chi connectivity index (χ2v) is 8.18. The maximum atomic E-state index is 12.6. The number of ketones is 1. The van der Waals surface area contributed by atoms with Crippen LogP contribution in [0, 0.1) is 11.8 Å². The third kappa shape index (κ3) is 2.00. The van der Waals surface area contributed by atoms with Crippen molar-refractivity contribution in [2.24, 2.45) is 11.8 Å². The molecule has 1 aliphatic heterocycles. The van der Waals surface area contributed by atoms with Crippen LogP contribution in [0.5, 0.6) is 0 Å². The first-order chi connectivity index (χ1) is 12.8. The molecule has 26 heavy (non-hydrogen) atoms. The summed E-state index contributed by atoms with van der Waals surface area (Å²) < 4.78 is 2.49. The molecule has 3 nitrogen and oxygen atoms in total. The number of allylic oxidation sites excluding steroid dienone is 6. The SMILES string of the molecule is O=C(C1CC1)C1CCC2=C(C=CC3=CCCc4c3n2c2ccncc42)C1. The topological polar surface area (TPSA) is 34.9 Å². The number of hydrogen-bond acceptors (Lipinski definition) is 2. The van der Waals surface area contributed by atoms with Crippen molar-refractivity contribution in [2.75, 3.05) is 0 Å². The first-order valence-corrected chi connectivity index (χ1v) is 9.93. The van der Waals surface area contributed by atoms with Crippen molar-refractivity contribution in [1.82, 2.24) is 9.55 Å². The molecule has 1 fully saturated rings. The van der Waals surface area contributed by atoms with Crippen molar-refractivity contribution < 1.29 is 4.79 Å². The zero-order chi connectivity index (χ0) is 17.3. The maximum Gasteiger partial charge on any atom is 0.139 e. The van der Waals surface area contributed by atoms with Crippen LogP contribution in [0.2, 0.25) is 0 Å². The second kappa shape index (κ2) is 5.29. The summed E-state index contributed by atoms with van der Waals surface area (Å²) in [7, 11) is 0. The summed E-state index contributed by atoms with van der Waals surface area (Å²) in [5.74, 6) is 1.12. The van der Waals surface area contributed by atoms with Crippen molar-refractivity contribution in [3.05, 3.63) is 53.5 Å². The Morgan fingerprint density at radius 3 is 2.92 bits per heavy atom. The van der Waals surface area contributed by atoms with Gasteiger partial charge in [0.15, 0.2) is 0 Å². The molecule has 1 saturated carbocycles. The predicted octanol–water partition coefficient (Wildman–Crippen LogP) is 4.93. The Morgan fingerprint density at radius 2 is 2.04 bits per heavy atom. The summed E-state index contributed by atoms with van der Waals surface area (Å²) in [4.78, 5) is 17.0. The smallest absolute Gasteiger partial charge is 0.139 e. The average Bonchev–Trinajstić information content (AvgIpc) is 3.49. The molecule has 0 bridgehead atoms. The number of rotatable bonds is 2. The molecule has 6 rings (SSSR count). The minimum atomic E-state index is 0.230. The highest BCUT2D eigenvalue weighted by molar-refractivity contribution is 5.97. The molecule has 4 aliphatic rings. The summed E-state index contributed by atoms with van der Waals surface area (Å²) in [5, 5.41) is 1.30. The molecule has 3 heteroatoms. The molecule has 0 aromatic carbocycles. The van der Waals surface area contributed by atoms with Crippen molar-refractivity contribution in [3.8, 4) is 0 Å². The summed E-state index contributed by atoms with van der Waals surface area (Å²) in [6.45, 7) is 0. The molecule has 0 saturated heterocycles. The zero-order valence-electron chi connectivity index (χ0n) is 14.9. The first-order valence-electron chi connectivity index (χ1n) is 9.93. The minimum Gasteiger partial charge on any atom is -0.312 e. The number of aromatic nitrogens is 2. The van der Waals surface area contributed by atoms with Gasteiger partial charge in [-0.3, -0.25) is 9.78 Å². The van der Waals surface area contributed by atoms with Gasteiger partial charge in [-0.05, 0) is 67.7 Å². The largest absolute Gasteiger partial charge is 0.312 e. The van der Waals surface area contributed by atoms with Gasteiger partial charge in [0.1, 0.15) is 5.78 Å². The van der Waals surface area contributed by atoms with E-state index >= 15 is 0 Å². The van der Waals surface area contributed by atoms with Crippen LogP contribution in [0.15, 0.2) is 42.3 Å². The molecule has 2 aromatic rings. The number of carbonyl (C=O) groups is 1. The van der Waals surface area contributed by atoms with Crippen molar-refractivity contribution in [3.63, 3.8) is 0 Å². The molecule has 1 atom stereocenters. The third-order valence-electron chi connectivity index (χ3n) is 6.59. The van der Waals surface area contributed by atoms with E-state index in [1.54, 1.807) is 0 Å². The molecule has 3 heterocycles. The van der Waals surface area contributed by atoms with Crippen LogP contribution in [-0.2, 0) is 11.2 Å². The van der Waals surface area contributed by atoms with Crippen molar-refractivity contribution in [1.29, 1.82) is 0 Å². The highest BCUT2D eigenvalue weighted by Crippen LogP contribution is 2.46. The summed E-state index contributed by atoms with van der Waals surface area (Å²) in [6.07, 6.45) is 18.2. The quantitative estimate of drug-likeness (QED) is 0.776. The van der Waals surface area contributed by atoms with Crippen LogP contribution in [0.25, 0.3) is 22.2 Å². The standard InChI is InChI=1S/C23H22N2O/c26-23(15-5-6-15)17-8-9-20-16(12-17)7-4-14-2-1-3-18-19-13-24-11-10-21(19)25(20)22(14)18/h2,4,7,10-11,13,15,17H,1,3,5-6,8-9,12H2.